The Hall–Kier alpha value is -2.28. The SMILES string of the molecule is CC(C)(C)c1nc(CC(=O)Nc2ccnc3ccnn23)cs1. The molecule has 0 saturated heterocycles. The van der Waals surface area contributed by atoms with Crippen molar-refractivity contribution in [3.05, 3.63) is 40.6 Å². The molecule has 0 bridgehead atoms. The molecule has 3 rings (SSSR count). The molecule has 0 aliphatic rings. The molecule has 0 aliphatic heterocycles. The lowest BCUT2D eigenvalue weighted by Gasteiger charge is -2.13. The average Bonchev–Trinajstić information content (AvgIpc) is 3.06. The monoisotopic (exact) mass is 315 g/mol. The Morgan fingerprint density at radius 3 is 2.86 bits per heavy atom. The topological polar surface area (TPSA) is 72.2 Å². The Labute approximate surface area is 132 Å². The minimum absolute atomic E-state index is 0.00567. The van der Waals surface area contributed by atoms with Crippen LogP contribution in [0.2, 0.25) is 0 Å². The van der Waals surface area contributed by atoms with Crippen molar-refractivity contribution in [3.8, 4) is 0 Å². The molecule has 0 radical (unpaired) electrons. The van der Waals surface area contributed by atoms with Gasteiger partial charge in [-0.2, -0.15) is 9.61 Å². The van der Waals surface area contributed by atoms with E-state index in [1.54, 1.807) is 40.4 Å². The normalized spacial score (nSPS) is 11.8. The zero-order valence-corrected chi connectivity index (χ0v) is 13.5. The van der Waals surface area contributed by atoms with Gasteiger partial charge in [-0.1, -0.05) is 20.8 Å². The summed E-state index contributed by atoms with van der Waals surface area (Å²) in [7, 11) is 0. The summed E-state index contributed by atoms with van der Waals surface area (Å²) < 4.78 is 1.60. The summed E-state index contributed by atoms with van der Waals surface area (Å²) in [6.45, 7) is 6.34. The fourth-order valence-corrected chi connectivity index (χ4v) is 2.92. The van der Waals surface area contributed by atoms with Gasteiger partial charge in [0.2, 0.25) is 5.91 Å². The second-order valence-corrected chi connectivity index (χ2v) is 6.91. The summed E-state index contributed by atoms with van der Waals surface area (Å²) in [5.41, 5.74) is 1.49. The van der Waals surface area contributed by atoms with Gasteiger partial charge in [0, 0.05) is 23.1 Å². The molecular weight excluding hydrogens is 298 g/mol. The van der Waals surface area contributed by atoms with Crippen molar-refractivity contribution >= 4 is 28.7 Å². The van der Waals surface area contributed by atoms with Gasteiger partial charge in [-0.15, -0.1) is 11.3 Å². The number of fused-ring (bicyclic) bond motifs is 1. The summed E-state index contributed by atoms with van der Waals surface area (Å²) in [4.78, 5) is 20.9. The molecule has 3 heterocycles. The van der Waals surface area contributed by atoms with Gasteiger partial charge in [0.05, 0.1) is 23.3 Å². The van der Waals surface area contributed by atoms with E-state index in [9.17, 15) is 4.79 Å². The molecule has 0 aromatic carbocycles. The minimum atomic E-state index is -0.117. The van der Waals surface area contributed by atoms with E-state index in [-0.39, 0.29) is 17.7 Å². The predicted molar refractivity (Wildman–Crippen MR) is 86.1 cm³/mol. The van der Waals surface area contributed by atoms with Gasteiger partial charge in [-0.05, 0) is 6.07 Å². The number of thiazole rings is 1. The van der Waals surface area contributed by atoms with Crippen LogP contribution in [0.25, 0.3) is 5.65 Å². The lowest BCUT2D eigenvalue weighted by atomic mass is 9.98. The summed E-state index contributed by atoms with van der Waals surface area (Å²) in [5, 5.41) is 9.97. The molecule has 0 fully saturated rings. The molecule has 0 unspecified atom stereocenters. The minimum Gasteiger partial charge on any atom is -0.310 e. The van der Waals surface area contributed by atoms with Crippen LogP contribution in [0.3, 0.4) is 0 Å². The molecule has 3 aromatic rings. The van der Waals surface area contributed by atoms with Crippen molar-refractivity contribution in [2.75, 3.05) is 5.32 Å². The van der Waals surface area contributed by atoms with E-state index in [0.29, 0.717) is 11.5 Å². The second-order valence-electron chi connectivity index (χ2n) is 6.05. The lowest BCUT2D eigenvalue weighted by molar-refractivity contribution is -0.115. The number of rotatable bonds is 3. The number of anilines is 1. The maximum atomic E-state index is 12.2. The van der Waals surface area contributed by atoms with Crippen LogP contribution in [0.1, 0.15) is 31.5 Å². The van der Waals surface area contributed by atoms with Crippen molar-refractivity contribution in [2.24, 2.45) is 0 Å². The lowest BCUT2D eigenvalue weighted by Crippen LogP contribution is -2.17. The zero-order chi connectivity index (χ0) is 15.7. The number of hydrogen-bond acceptors (Lipinski definition) is 5. The van der Waals surface area contributed by atoms with Gasteiger partial charge in [-0.25, -0.2) is 9.97 Å². The number of carbonyl (C=O) groups excluding carboxylic acids is 1. The number of nitrogens with one attached hydrogen (secondary N) is 1. The predicted octanol–water partition coefficient (Wildman–Crippen LogP) is 2.66. The average molecular weight is 315 g/mol. The molecule has 0 atom stereocenters. The third kappa shape index (κ3) is 2.99. The van der Waals surface area contributed by atoms with Crippen molar-refractivity contribution in [3.63, 3.8) is 0 Å². The summed E-state index contributed by atoms with van der Waals surface area (Å²) in [5.74, 6) is 0.486. The molecule has 0 spiro atoms. The van der Waals surface area contributed by atoms with E-state index in [0.717, 1.165) is 10.7 Å². The number of aromatic nitrogens is 4. The number of nitrogens with zero attached hydrogens (tertiary/aromatic N) is 4. The van der Waals surface area contributed by atoms with Crippen LogP contribution in [0, 0.1) is 0 Å². The Morgan fingerprint density at radius 1 is 1.32 bits per heavy atom. The summed E-state index contributed by atoms with van der Waals surface area (Å²) in [6.07, 6.45) is 3.54. The fourth-order valence-electron chi connectivity index (χ4n) is 2.01. The van der Waals surface area contributed by atoms with Crippen molar-refractivity contribution in [1.29, 1.82) is 0 Å². The Kier molecular flexibility index (Phi) is 3.66. The number of amides is 1. The number of carbonyl (C=O) groups is 1. The molecule has 114 valence electrons. The smallest absolute Gasteiger partial charge is 0.231 e. The Balaban J connectivity index is 1.73. The highest BCUT2D eigenvalue weighted by Gasteiger charge is 2.19. The van der Waals surface area contributed by atoms with Gasteiger partial charge in [0.1, 0.15) is 5.82 Å². The fraction of sp³-hybridized carbons (Fsp3) is 0.333. The van der Waals surface area contributed by atoms with Gasteiger partial charge >= 0.3 is 0 Å². The maximum Gasteiger partial charge on any atom is 0.231 e. The Morgan fingerprint density at radius 2 is 2.14 bits per heavy atom. The van der Waals surface area contributed by atoms with Gasteiger partial charge in [0.15, 0.2) is 5.65 Å². The van der Waals surface area contributed by atoms with Crippen LogP contribution in [0.4, 0.5) is 5.82 Å². The summed E-state index contributed by atoms with van der Waals surface area (Å²) >= 11 is 1.59. The van der Waals surface area contributed by atoms with Crippen LogP contribution < -0.4 is 5.32 Å². The molecule has 1 N–H and O–H groups in total. The van der Waals surface area contributed by atoms with Gasteiger partial charge < -0.3 is 5.32 Å². The van der Waals surface area contributed by atoms with Crippen molar-refractivity contribution < 1.29 is 4.79 Å². The highest BCUT2D eigenvalue weighted by atomic mass is 32.1. The largest absolute Gasteiger partial charge is 0.310 e. The first-order valence-corrected chi connectivity index (χ1v) is 7.85. The van der Waals surface area contributed by atoms with E-state index in [2.05, 4.69) is 41.2 Å². The van der Waals surface area contributed by atoms with E-state index >= 15 is 0 Å². The standard InChI is InChI=1S/C15H17N5OS/c1-15(2,3)14-18-10(9-22-14)8-13(21)19-12-4-6-16-11-5-7-17-20(11)12/h4-7,9H,8H2,1-3H3,(H,19,21). The van der Waals surface area contributed by atoms with Crippen LogP contribution in [0.15, 0.2) is 29.9 Å². The van der Waals surface area contributed by atoms with Crippen LogP contribution in [-0.2, 0) is 16.6 Å². The molecule has 0 saturated carbocycles. The number of hydrogen-bond donors (Lipinski definition) is 1. The molecule has 0 aliphatic carbocycles. The van der Waals surface area contributed by atoms with Crippen LogP contribution in [0.5, 0.6) is 0 Å². The third-order valence-electron chi connectivity index (χ3n) is 3.09. The highest BCUT2D eigenvalue weighted by molar-refractivity contribution is 7.09. The third-order valence-corrected chi connectivity index (χ3v) is 4.41. The first kappa shape index (κ1) is 14.6. The molecule has 1 amide bonds. The van der Waals surface area contributed by atoms with E-state index in [4.69, 9.17) is 0 Å². The molecule has 3 aromatic heterocycles. The first-order chi connectivity index (χ1) is 10.4. The quantitative estimate of drug-likeness (QED) is 0.806. The van der Waals surface area contributed by atoms with Gasteiger partial charge in [-0.3, -0.25) is 4.79 Å². The van der Waals surface area contributed by atoms with Gasteiger partial charge in [0.25, 0.3) is 0 Å². The van der Waals surface area contributed by atoms with E-state index in [1.165, 1.54) is 0 Å². The maximum absolute atomic E-state index is 12.2. The Bertz CT molecular complexity index is 815. The second kappa shape index (κ2) is 5.49. The first-order valence-electron chi connectivity index (χ1n) is 6.97. The molecular formula is C15H17N5OS. The van der Waals surface area contributed by atoms with Crippen molar-refractivity contribution in [1.82, 2.24) is 19.6 Å². The van der Waals surface area contributed by atoms with Crippen LogP contribution >= 0.6 is 11.3 Å². The summed E-state index contributed by atoms with van der Waals surface area (Å²) in [6, 6.07) is 3.51. The van der Waals surface area contributed by atoms with Crippen LogP contribution in [-0.4, -0.2) is 25.5 Å². The molecule has 6 nitrogen and oxygen atoms in total. The highest BCUT2D eigenvalue weighted by Crippen LogP contribution is 2.25. The van der Waals surface area contributed by atoms with Crippen molar-refractivity contribution in [2.45, 2.75) is 32.6 Å². The molecule has 7 heteroatoms. The molecule has 22 heavy (non-hydrogen) atoms. The van der Waals surface area contributed by atoms with E-state index in [1.807, 2.05) is 5.38 Å². The van der Waals surface area contributed by atoms with E-state index < -0.39 is 0 Å². The zero-order valence-electron chi connectivity index (χ0n) is 12.7.